The minimum Gasteiger partial charge on any atom is -0.539 e. The summed E-state index contributed by atoms with van der Waals surface area (Å²) in [6, 6.07) is 6.73. The van der Waals surface area contributed by atoms with E-state index in [0.29, 0.717) is 28.7 Å². The number of benzene rings is 2. The highest BCUT2D eigenvalue weighted by molar-refractivity contribution is 6.74. The van der Waals surface area contributed by atoms with Crippen LogP contribution >= 0.6 is 0 Å². The third-order valence-corrected chi connectivity index (χ3v) is 14.5. The number of fused-ring (bicyclic) bond motifs is 3. The van der Waals surface area contributed by atoms with Crippen LogP contribution in [0, 0.1) is 11.8 Å². The second kappa shape index (κ2) is 12.7. The fourth-order valence-corrected chi connectivity index (χ4v) is 7.66. The Morgan fingerprint density at radius 3 is 2.20 bits per heavy atom. The molecule has 49 heavy (non-hydrogen) atoms. The number of aliphatic imine (C=N–C) groups is 1. The van der Waals surface area contributed by atoms with E-state index in [0.717, 1.165) is 21.6 Å². The zero-order valence-corrected chi connectivity index (χ0v) is 30.0. The predicted molar refractivity (Wildman–Crippen MR) is 178 cm³/mol. The lowest BCUT2D eigenvalue weighted by Gasteiger charge is -2.39. The summed E-state index contributed by atoms with van der Waals surface area (Å²) in [5, 5.41) is -0.0888. The van der Waals surface area contributed by atoms with E-state index in [1.54, 1.807) is 14.2 Å². The molecule has 13 nitrogen and oxygen atoms in total. The molecular weight excluding hydrogens is 652 g/mol. The van der Waals surface area contributed by atoms with E-state index in [9.17, 15) is 19.2 Å². The molecular formula is C35H42N2O11Si. The number of cyclic esters (lactones) is 1. The van der Waals surface area contributed by atoms with E-state index < -0.39 is 55.9 Å². The molecule has 0 radical (unpaired) electrons. The molecule has 1 aliphatic carbocycles. The van der Waals surface area contributed by atoms with Crippen molar-refractivity contribution >= 4 is 37.8 Å². The summed E-state index contributed by atoms with van der Waals surface area (Å²) in [4.78, 5) is 57.1. The maximum absolute atomic E-state index is 13.7. The molecule has 2 aromatic rings. The third-order valence-electron chi connectivity index (χ3n) is 10.2. The molecule has 0 aromatic heterocycles. The molecule has 4 aliphatic rings. The van der Waals surface area contributed by atoms with Crippen molar-refractivity contribution in [1.82, 2.24) is 4.90 Å². The monoisotopic (exact) mass is 694 g/mol. The number of carbonyl (C=O) groups excluding carboxylic acids is 4. The Morgan fingerprint density at radius 2 is 1.61 bits per heavy atom. The molecule has 0 spiro atoms. The Bertz CT molecular complexity index is 1720. The van der Waals surface area contributed by atoms with Crippen LogP contribution in [0.2, 0.25) is 18.1 Å². The summed E-state index contributed by atoms with van der Waals surface area (Å²) in [6.45, 7) is 11.9. The van der Waals surface area contributed by atoms with Crippen LogP contribution in [-0.4, -0.2) is 83.5 Å². The fraction of sp³-hybridized carbons (Fsp3) is 0.514. The number of carbonyl (C=O) groups is 4. The van der Waals surface area contributed by atoms with Gasteiger partial charge in [0.05, 0.1) is 45.8 Å². The molecule has 6 rings (SSSR count). The Kier molecular flexibility index (Phi) is 8.88. The molecule has 2 fully saturated rings. The number of ether oxygens (including phenoxy) is 6. The van der Waals surface area contributed by atoms with Crippen LogP contribution in [0.1, 0.15) is 62.8 Å². The molecule has 3 aliphatic heterocycles. The van der Waals surface area contributed by atoms with Crippen molar-refractivity contribution in [3.63, 3.8) is 0 Å². The van der Waals surface area contributed by atoms with E-state index >= 15 is 0 Å². The SMILES string of the molecule is COc1cc([C@@H]2c3cc4c(cc3[C@@H](N=C3CC(=O)N(CCOC(C)=O)C3=O)[C@H]3COC(=O)[C@H]23)OCO4)cc(OC)c1O[Si](C)(C)C(C)(C)C. The first kappa shape index (κ1) is 34.3. The van der Waals surface area contributed by atoms with Gasteiger partial charge >= 0.3 is 11.9 Å². The largest absolute Gasteiger partial charge is 0.539 e. The van der Waals surface area contributed by atoms with Gasteiger partial charge in [-0.2, -0.15) is 0 Å². The van der Waals surface area contributed by atoms with E-state index in [1.165, 1.54) is 6.92 Å². The van der Waals surface area contributed by atoms with Gasteiger partial charge in [-0.15, -0.1) is 0 Å². The van der Waals surface area contributed by atoms with Crippen LogP contribution in [0.4, 0.5) is 0 Å². The lowest BCUT2D eigenvalue weighted by Crippen LogP contribution is -2.44. The maximum Gasteiger partial charge on any atom is 0.310 e. The Labute approximate surface area is 285 Å². The Morgan fingerprint density at radius 1 is 0.980 bits per heavy atom. The zero-order chi connectivity index (χ0) is 35.4. The number of likely N-dealkylation sites (tertiary alicyclic amines) is 1. The molecule has 2 aromatic carbocycles. The summed E-state index contributed by atoms with van der Waals surface area (Å²) in [5.74, 6) is -1.16. The number of nitrogens with zero attached hydrogens (tertiary/aromatic N) is 2. The van der Waals surface area contributed by atoms with Gasteiger partial charge in [0.2, 0.25) is 12.7 Å². The number of methoxy groups -OCH3 is 2. The fourth-order valence-electron chi connectivity index (χ4n) is 6.65. The van der Waals surface area contributed by atoms with Crippen molar-refractivity contribution in [3.8, 4) is 28.7 Å². The van der Waals surface area contributed by atoms with E-state index in [4.69, 9.17) is 37.8 Å². The second-order valence-electron chi connectivity index (χ2n) is 14.1. The van der Waals surface area contributed by atoms with Gasteiger partial charge in [-0.05, 0) is 59.1 Å². The first-order valence-electron chi connectivity index (χ1n) is 16.2. The number of amides is 2. The van der Waals surface area contributed by atoms with Crippen LogP contribution in [0.25, 0.3) is 0 Å². The third kappa shape index (κ3) is 6.11. The minimum atomic E-state index is -2.31. The summed E-state index contributed by atoms with van der Waals surface area (Å²) < 4.78 is 40.7. The second-order valence-corrected chi connectivity index (χ2v) is 18.9. The minimum absolute atomic E-state index is 0.0301. The van der Waals surface area contributed by atoms with Crippen molar-refractivity contribution in [2.24, 2.45) is 16.8 Å². The molecule has 262 valence electrons. The first-order chi connectivity index (χ1) is 23.1. The first-order valence-corrected chi connectivity index (χ1v) is 19.2. The van der Waals surface area contributed by atoms with Crippen LogP contribution < -0.4 is 23.4 Å². The molecule has 0 N–H and O–H groups in total. The average molecular weight is 695 g/mol. The van der Waals surface area contributed by atoms with Gasteiger partial charge < -0.3 is 32.8 Å². The summed E-state index contributed by atoms with van der Waals surface area (Å²) in [5.41, 5.74) is 2.26. The molecule has 3 heterocycles. The van der Waals surface area contributed by atoms with E-state index in [2.05, 4.69) is 33.9 Å². The van der Waals surface area contributed by atoms with Gasteiger partial charge in [-0.3, -0.25) is 29.1 Å². The lowest BCUT2D eigenvalue weighted by molar-refractivity contribution is -0.145. The highest BCUT2D eigenvalue weighted by Crippen LogP contribution is 2.57. The van der Waals surface area contributed by atoms with Gasteiger partial charge in [0, 0.05) is 18.8 Å². The number of hydrogen-bond acceptors (Lipinski definition) is 12. The van der Waals surface area contributed by atoms with Crippen LogP contribution in [-0.2, 0) is 28.7 Å². The van der Waals surface area contributed by atoms with Gasteiger partial charge in [-0.25, -0.2) is 0 Å². The van der Waals surface area contributed by atoms with Crippen molar-refractivity contribution in [2.75, 3.05) is 40.8 Å². The van der Waals surface area contributed by atoms with Crippen molar-refractivity contribution in [3.05, 3.63) is 41.0 Å². The molecule has 0 saturated carbocycles. The number of esters is 2. The number of rotatable bonds is 9. The predicted octanol–water partition coefficient (Wildman–Crippen LogP) is 4.56. The number of imide groups is 1. The zero-order valence-electron chi connectivity index (χ0n) is 29.0. The number of hydrogen-bond donors (Lipinski definition) is 0. The van der Waals surface area contributed by atoms with E-state index in [1.807, 2.05) is 24.3 Å². The molecule has 4 atom stereocenters. The van der Waals surface area contributed by atoms with E-state index in [-0.39, 0.29) is 43.7 Å². The Hall–Kier alpha value is -4.59. The van der Waals surface area contributed by atoms with Crippen LogP contribution in [0.15, 0.2) is 29.3 Å². The topological polar surface area (TPSA) is 148 Å². The van der Waals surface area contributed by atoms with Gasteiger partial charge in [0.1, 0.15) is 12.3 Å². The van der Waals surface area contributed by atoms with Crippen LogP contribution in [0.5, 0.6) is 28.7 Å². The van der Waals surface area contributed by atoms with Gasteiger partial charge in [0.25, 0.3) is 14.2 Å². The molecule has 2 saturated heterocycles. The van der Waals surface area contributed by atoms with Crippen LogP contribution in [0.3, 0.4) is 0 Å². The molecule has 2 amide bonds. The van der Waals surface area contributed by atoms with Gasteiger partial charge in [0.15, 0.2) is 28.7 Å². The van der Waals surface area contributed by atoms with Crippen molar-refractivity contribution in [2.45, 2.75) is 64.2 Å². The normalized spacial score (nSPS) is 23.7. The van der Waals surface area contributed by atoms with Crippen molar-refractivity contribution in [1.29, 1.82) is 0 Å². The molecule has 14 heteroatoms. The summed E-state index contributed by atoms with van der Waals surface area (Å²) in [7, 11) is 0.824. The maximum atomic E-state index is 13.7. The summed E-state index contributed by atoms with van der Waals surface area (Å²) in [6.07, 6.45) is -0.213. The average Bonchev–Trinajstić information content (AvgIpc) is 3.73. The lowest BCUT2D eigenvalue weighted by atomic mass is 9.65. The Balaban J connectivity index is 1.46. The van der Waals surface area contributed by atoms with Gasteiger partial charge in [-0.1, -0.05) is 20.8 Å². The standard InChI is InChI=1S/C35H42N2O11Si/c1-18(38)44-10-9-37-28(39)15-23(33(37)40)36-31-21-14-25-24(46-17-47-25)13-20(21)29(30-22(31)16-45-34(30)41)19-11-26(42-5)32(27(12-19)43-6)48-49(7,8)35(2,3)4/h11-14,22,29-31H,9-10,15-17H2,1-8H3/t22-,29+,30-,31+/m0/s1. The molecule has 0 bridgehead atoms. The highest BCUT2D eigenvalue weighted by atomic mass is 28.4. The molecule has 0 unspecified atom stereocenters. The van der Waals surface area contributed by atoms with Crippen molar-refractivity contribution < 1.29 is 52.0 Å². The highest BCUT2D eigenvalue weighted by Gasteiger charge is 2.53. The smallest absolute Gasteiger partial charge is 0.310 e. The summed E-state index contributed by atoms with van der Waals surface area (Å²) >= 11 is 0. The quantitative estimate of drug-likeness (QED) is 0.207.